The van der Waals surface area contributed by atoms with Gasteiger partial charge in [-0.05, 0) is 49.2 Å². The summed E-state index contributed by atoms with van der Waals surface area (Å²) in [6.45, 7) is 5.85. The molecule has 5 nitrogen and oxygen atoms in total. The van der Waals surface area contributed by atoms with E-state index in [1.54, 1.807) is 7.05 Å². The zero-order valence-corrected chi connectivity index (χ0v) is 14.9. The standard InChI is InChI=1S/C20H24N2O3/c1-14-10-15(2)12-16(11-14)24-9-8-22-13-19(20(23)21-3)25-18-7-5-4-6-17(18)22/h4-7,10-12,19H,8-9,13H2,1-3H3,(H,21,23)/t19-/m1/s1. The molecule has 1 aliphatic rings. The van der Waals surface area contributed by atoms with E-state index < -0.39 is 6.10 Å². The number of anilines is 1. The van der Waals surface area contributed by atoms with Gasteiger partial charge in [0.25, 0.3) is 5.91 Å². The molecule has 2 aromatic carbocycles. The first-order valence-corrected chi connectivity index (χ1v) is 8.50. The fraction of sp³-hybridized carbons (Fsp3) is 0.350. The van der Waals surface area contributed by atoms with Crippen LogP contribution in [-0.2, 0) is 4.79 Å². The number of hydrogen-bond acceptors (Lipinski definition) is 4. The number of para-hydroxylation sites is 2. The van der Waals surface area contributed by atoms with Gasteiger partial charge in [-0.3, -0.25) is 4.79 Å². The molecule has 1 atom stereocenters. The molecule has 132 valence electrons. The number of amides is 1. The molecule has 5 heteroatoms. The summed E-state index contributed by atoms with van der Waals surface area (Å²) in [7, 11) is 1.62. The van der Waals surface area contributed by atoms with Crippen LogP contribution in [0.4, 0.5) is 5.69 Å². The van der Waals surface area contributed by atoms with Crippen LogP contribution in [-0.4, -0.2) is 38.8 Å². The highest BCUT2D eigenvalue weighted by Crippen LogP contribution is 2.32. The number of benzene rings is 2. The third-order valence-electron chi connectivity index (χ3n) is 4.23. The van der Waals surface area contributed by atoms with Gasteiger partial charge in [-0.2, -0.15) is 0 Å². The molecular weight excluding hydrogens is 316 g/mol. The molecule has 1 N–H and O–H groups in total. The summed E-state index contributed by atoms with van der Waals surface area (Å²) in [5.41, 5.74) is 3.37. The van der Waals surface area contributed by atoms with Crippen LogP contribution >= 0.6 is 0 Å². The van der Waals surface area contributed by atoms with Crippen molar-refractivity contribution in [3.63, 3.8) is 0 Å². The molecule has 1 heterocycles. The maximum Gasteiger partial charge on any atom is 0.262 e. The van der Waals surface area contributed by atoms with Crippen LogP contribution in [0.1, 0.15) is 11.1 Å². The summed E-state index contributed by atoms with van der Waals surface area (Å²) >= 11 is 0. The molecule has 0 radical (unpaired) electrons. The lowest BCUT2D eigenvalue weighted by Gasteiger charge is -2.35. The number of ether oxygens (including phenoxy) is 2. The number of carbonyl (C=O) groups excluding carboxylic acids is 1. The topological polar surface area (TPSA) is 50.8 Å². The SMILES string of the molecule is CNC(=O)[C@H]1CN(CCOc2cc(C)cc(C)c2)c2ccccc2O1. The fourth-order valence-corrected chi connectivity index (χ4v) is 3.11. The smallest absolute Gasteiger partial charge is 0.262 e. The molecule has 0 aromatic heterocycles. The predicted molar refractivity (Wildman–Crippen MR) is 98.5 cm³/mol. The monoisotopic (exact) mass is 340 g/mol. The molecule has 0 spiro atoms. The first-order chi connectivity index (χ1) is 12.1. The number of fused-ring (bicyclic) bond motifs is 1. The molecule has 25 heavy (non-hydrogen) atoms. The lowest BCUT2D eigenvalue weighted by Crippen LogP contribution is -2.49. The second kappa shape index (κ2) is 7.47. The van der Waals surface area contributed by atoms with Gasteiger partial charge >= 0.3 is 0 Å². The van der Waals surface area contributed by atoms with E-state index in [2.05, 4.69) is 30.1 Å². The van der Waals surface area contributed by atoms with E-state index >= 15 is 0 Å². The van der Waals surface area contributed by atoms with Crippen molar-refractivity contribution in [1.29, 1.82) is 0 Å². The molecule has 3 rings (SSSR count). The predicted octanol–water partition coefficient (Wildman–Crippen LogP) is 2.70. The van der Waals surface area contributed by atoms with Crippen molar-refractivity contribution in [3.05, 3.63) is 53.6 Å². The fourth-order valence-electron chi connectivity index (χ4n) is 3.11. The lowest BCUT2D eigenvalue weighted by molar-refractivity contribution is -0.127. The summed E-state index contributed by atoms with van der Waals surface area (Å²) in [4.78, 5) is 14.1. The van der Waals surface area contributed by atoms with Gasteiger partial charge in [-0.25, -0.2) is 0 Å². The highest BCUT2D eigenvalue weighted by Gasteiger charge is 2.29. The Labute approximate surface area is 148 Å². The maximum absolute atomic E-state index is 12.0. The maximum atomic E-state index is 12.0. The molecule has 0 fully saturated rings. The minimum atomic E-state index is -0.513. The van der Waals surface area contributed by atoms with Crippen molar-refractivity contribution >= 4 is 11.6 Å². The van der Waals surface area contributed by atoms with Crippen molar-refractivity contribution in [3.8, 4) is 11.5 Å². The molecule has 0 aliphatic carbocycles. The first-order valence-electron chi connectivity index (χ1n) is 8.50. The number of rotatable bonds is 5. The minimum Gasteiger partial charge on any atom is -0.492 e. The summed E-state index contributed by atoms with van der Waals surface area (Å²) in [6, 6.07) is 14.0. The minimum absolute atomic E-state index is 0.116. The summed E-state index contributed by atoms with van der Waals surface area (Å²) in [5, 5.41) is 2.66. The molecule has 2 aromatic rings. The normalized spacial score (nSPS) is 16.0. The second-order valence-corrected chi connectivity index (χ2v) is 6.31. The second-order valence-electron chi connectivity index (χ2n) is 6.31. The summed E-state index contributed by atoms with van der Waals surface area (Å²) in [5.74, 6) is 1.49. The van der Waals surface area contributed by atoms with Crippen molar-refractivity contribution < 1.29 is 14.3 Å². The highest BCUT2D eigenvalue weighted by molar-refractivity contribution is 5.83. The first kappa shape index (κ1) is 17.1. The Kier molecular flexibility index (Phi) is 5.12. The molecule has 0 unspecified atom stereocenters. The van der Waals surface area contributed by atoms with Crippen LogP contribution in [0.25, 0.3) is 0 Å². The summed E-state index contributed by atoms with van der Waals surface area (Å²) < 4.78 is 11.7. The van der Waals surface area contributed by atoms with Gasteiger partial charge in [0, 0.05) is 7.05 Å². The van der Waals surface area contributed by atoms with Crippen LogP contribution < -0.4 is 19.7 Å². The van der Waals surface area contributed by atoms with Gasteiger partial charge in [0.05, 0.1) is 18.8 Å². The quantitative estimate of drug-likeness (QED) is 0.909. The Morgan fingerprint density at radius 1 is 1.24 bits per heavy atom. The number of nitrogens with one attached hydrogen (secondary N) is 1. The van der Waals surface area contributed by atoms with Crippen molar-refractivity contribution in [2.24, 2.45) is 0 Å². The Bertz CT molecular complexity index is 740. The Hall–Kier alpha value is -2.69. The van der Waals surface area contributed by atoms with Crippen molar-refractivity contribution in [2.75, 3.05) is 31.6 Å². The molecule has 1 aliphatic heterocycles. The van der Waals surface area contributed by atoms with E-state index in [4.69, 9.17) is 9.47 Å². The third-order valence-corrected chi connectivity index (χ3v) is 4.23. The van der Waals surface area contributed by atoms with Gasteiger partial charge in [-0.1, -0.05) is 18.2 Å². The van der Waals surface area contributed by atoms with Gasteiger partial charge in [0.2, 0.25) is 0 Å². The van der Waals surface area contributed by atoms with Crippen LogP contribution in [0.15, 0.2) is 42.5 Å². The molecule has 0 bridgehead atoms. The van der Waals surface area contributed by atoms with Crippen molar-refractivity contribution in [1.82, 2.24) is 5.32 Å². The molecular formula is C20H24N2O3. The average molecular weight is 340 g/mol. The lowest BCUT2D eigenvalue weighted by atomic mass is 10.1. The zero-order chi connectivity index (χ0) is 17.8. The van der Waals surface area contributed by atoms with Gasteiger partial charge in [-0.15, -0.1) is 0 Å². The Balaban J connectivity index is 1.69. The number of hydrogen-bond donors (Lipinski definition) is 1. The van der Waals surface area contributed by atoms with Crippen LogP contribution in [0.3, 0.4) is 0 Å². The van der Waals surface area contributed by atoms with Crippen LogP contribution in [0.5, 0.6) is 11.5 Å². The van der Waals surface area contributed by atoms with Crippen LogP contribution in [0.2, 0.25) is 0 Å². The third kappa shape index (κ3) is 4.05. The van der Waals surface area contributed by atoms with Gasteiger partial charge in [0.1, 0.15) is 18.1 Å². The Morgan fingerprint density at radius 3 is 2.68 bits per heavy atom. The largest absolute Gasteiger partial charge is 0.492 e. The van der Waals surface area contributed by atoms with Crippen molar-refractivity contribution in [2.45, 2.75) is 20.0 Å². The van der Waals surface area contributed by atoms with E-state index in [0.29, 0.717) is 19.7 Å². The number of carbonyl (C=O) groups is 1. The highest BCUT2D eigenvalue weighted by atomic mass is 16.5. The molecule has 0 saturated carbocycles. The van der Waals surface area contributed by atoms with E-state index in [-0.39, 0.29) is 5.91 Å². The van der Waals surface area contributed by atoms with Gasteiger partial charge < -0.3 is 19.7 Å². The number of likely N-dealkylation sites (N-methyl/N-ethyl adjacent to an activating group) is 1. The van der Waals surface area contributed by atoms with Gasteiger partial charge in [0.15, 0.2) is 6.10 Å². The van der Waals surface area contributed by atoms with E-state index in [1.165, 1.54) is 11.1 Å². The van der Waals surface area contributed by atoms with E-state index in [1.807, 2.05) is 36.4 Å². The summed E-state index contributed by atoms with van der Waals surface area (Å²) in [6.07, 6.45) is -0.513. The average Bonchev–Trinajstić information content (AvgIpc) is 2.60. The van der Waals surface area contributed by atoms with E-state index in [9.17, 15) is 4.79 Å². The number of nitrogens with zero attached hydrogens (tertiary/aromatic N) is 1. The zero-order valence-electron chi connectivity index (χ0n) is 14.9. The number of aryl methyl sites for hydroxylation is 2. The van der Waals surface area contributed by atoms with Crippen LogP contribution in [0, 0.1) is 13.8 Å². The van der Waals surface area contributed by atoms with E-state index in [0.717, 1.165) is 17.2 Å². The molecule has 1 amide bonds. The Morgan fingerprint density at radius 2 is 1.96 bits per heavy atom. The molecule has 0 saturated heterocycles.